The molecule has 120 valence electrons. The van der Waals surface area contributed by atoms with Crippen LogP contribution in [0.25, 0.3) is 0 Å². The molecule has 0 aliphatic carbocycles. The Morgan fingerprint density at radius 2 is 2.00 bits per heavy atom. The zero-order valence-electron chi connectivity index (χ0n) is 12.6. The third-order valence-corrected chi connectivity index (χ3v) is 3.83. The molecule has 1 saturated heterocycles. The molecule has 0 saturated carbocycles. The quantitative estimate of drug-likeness (QED) is 0.874. The maximum Gasteiger partial charge on any atom is 0.412 e. The van der Waals surface area contributed by atoms with Gasteiger partial charge in [0.25, 0.3) is 0 Å². The fourth-order valence-corrected chi connectivity index (χ4v) is 2.71. The Bertz CT molecular complexity index is 505. The van der Waals surface area contributed by atoms with Crippen molar-refractivity contribution in [1.82, 2.24) is 4.90 Å². The van der Waals surface area contributed by atoms with Crippen LogP contribution in [-0.4, -0.2) is 41.4 Å². The lowest BCUT2D eigenvalue weighted by Crippen LogP contribution is -2.42. The summed E-state index contributed by atoms with van der Waals surface area (Å²) < 4.78 is 10.7. The topological polar surface area (TPSA) is 76.1 Å². The number of ether oxygens (including phenoxy) is 2. The summed E-state index contributed by atoms with van der Waals surface area (Å²) >= 11 is 0. The zero-order valence-corrected chi connectivity index (χ0v) is 12.6. The maximum atomic E-state index is 12.3. The van der Waals surface area contributed by atoms with E-state index in [1.165, 1.54) is 4.90 Å². The van der Waals surface area contributed by atoms with Crippen molar-refractivity contribution < 1.29 is 24.2 Å². The highest BCUT2D eigenvalue weighted by atomic mass is 16.6. The van der Waals surface area contributed by atoms with Crippen molar-refractivity contribution in [2.45, 2.75) is 44.6 Å². The predicted octanol–water partition coefficient (Wildman–Crippen LogP) is 2.62. The van der Waals surface area contributed by atoms with Crippen LogP contribution in [0.3, 0.4) is 0 Å². The van der Waals surface area contributed by atoms with E-state index in [9.17, 15) is 9.59 Å². The van der Waals surface area contributed by atoms with Crippen molar-refractivity contribution in [2.24, 2.45) is 0 Å². The largest absolute Gasteiger partial charge is 0.481 e. The van der Waals surface area contributed by atoms with Gasteiger partial charge in [0.15, 0.2) is 0 Å². The standard InChI is InChI=1S/C16H21NO5/c1-21-14-9-7-13(8-10-15(18)19)17(14)16(20)22-11-12-5-3-2-4-6-12/h2-6,13-14H,7-11H2,1H3,(H,18,19)/t13-,14?/m0/s1. The molecule has 1 amide bonds. The first kappa shape index (κ1) is 16.3. The zero-order chi connectivity index (χ0) is 15.9. The number of aliphatic carboxylic acids is 1. The molecule has 1 fully saturated rings. The molecular weight excluding hydrogens is 286 g/mol. The van der Waals surface area contributed by atoms with E-state index in [1.807, 2.05) is 30.3 Å². The molecule has 1 aliphatic rings. The Morgan fingerprint density at radius 1 is 1.27 bits per heavy atom. The third-order valence-electron chi connectivity index (χ3n) is 3.83. The van der Waals surface area contributed by atoms with E-state index in [1.54, 1.807) is 7.11 Å². The van der Waals surface area contributed by atoms with Crippen molar-refractivity contribution in [3.63, 3.8) is 0 Å². The summed E-state index contributed by atoms with van der Waals surface area (Å²) in [6, 6.07) is 9.28. The van der Waals surface area contributed by atoms with Gasteiger partial charge < -0.3 is 14.6 Å². The number of amides is 1. The second-order valence-corrected chi connectivity index (χ2v) is 5.30. The van der Waals surface area contributed by atoms with Crippen molar-refractivity contribution in [1.29, 1.82) is 0 Å². The Kier molecular flexibility index (Phi) is 5.77. The molecule has 6 heteroatoms. The molecule has 0 radical (unpaired) electrons. The van der Waals surface area contributed by atoms with Crippen molar-refractivity contribution >= 4 is 12.1 Å². The normalized spacial score (nSPS) is 20.9. The predicted molar refractivity (Wildman–Crippen MR) is 79.2 cm³/mol. The van der Waals surface area contributed by atoms with Crippen molar-refractivity contribution in [2.75, 3.05) is 7.11 Å². The van der Waals surface area contributed by atoms with Gasteiger partial charge in [-0.3, -0.25) is 9.69 Å². The first-order valence-corrected chi connectivity index (χ1v) is 7.35. The average molecular weight is 307 g/mol. The number of benzene rings is 1. The summed E-state index contributed by atoms with van der Waals surface area (Å²) in [5, 5.41) is 8.81. The third kappa shape index (κ3) is 4.21. The summed E-state index contributed by atoms with van der Waals surface area (Å²) in [7, 11) is 1.54. The number of nitrogens with zero attached hydrogens (tertiary/aromatic N) is 1. The fraction of sp³-hybridized carbons (Fsp3) is 0.500. The van der Waals surface area contributed by atoms with Gasteiger partial charge in [-0.25, -0.2) is 4.79 Å². The fourth-order valence-electron chi connectivity index (χ4n) is 2.71. The van der Waals surface area contributed by atoms with Crippen LogP contribution in [0, 0.1) is 0 Å². The lowest BCUT2D eigenvalue weighted by Gasteiger charge is -2.28. The Hall–Kier alpha value is -2.08. The van der Waals surface area contributed by atoms with E-state index in [2.05, 4.69) is 0 Å². The van der Waals surface area contributed by atoms with E-state index in [-0.39, 0.29) is 25.3 Å². The van der Waals surface area contributed by atoms with Gasteiger partial charge in [0.2, 0.25) is 0 Å². The molecule has 1 heterocycles. The molecule has 0 spiro atoms. The van der Waals surface area contributed by atoms with Gasteiger partial charge in [-0.1, -0.05) is 30.3 Å². The van der Waals surface area contributed by atoms with E-state index >= 15 is 0 Å². The van der Waals surface area contributed by atoms with Crippen LogP contribution in [0.4, 0.5) is 4.79 Å². The molecule has 1 aromatic carbocycles. The smallest absolute Gasteiger partial charge is 0.412 e. The SMILES string of the molecule is COC1CC[C@@H](CCC(=O)O)N1C(=O)OCc1ccccc1. The van der Waals surface area contributed by atoms with E-state index in [4.69, 9.17) is 14.6 Å². The highest BCUT2D eigenvalue weighted by Crippen LogP contribution is 2.28. The van der Waals surface area contributed by atoms with Crippen LogP contribution in [0.5, 0.6) is 0 Å². The molecule has 1 aromatic rings. The summed E-state index contributed by atoms with van der Waals surface area (Å²) in [6.45, 7) is 0.193. The van der Waals surface area contributed by atoms with Crippen LogP contribution in [-0.2, 0) is 20.9 Å². The maximum absolute atomic E-state index is 12.3. The van der Waals surface area contributed by atoms with E-state index in [0.29, 0.717) is 12.8 Å². The summed E-state index contributed by atoms with van der Waals surface area (Å²) in [5.74, 6) is -0.863. The van der Waals surface area contributed by atoms with Gasteiger partial charge in [0.05, 0.1) is 0 Å². The van der Waals surface area contributed by atoms with Crippen molar-refractivity contribution in [3.05, 3.63) is 35.9 Å². The molecule has 22 heavy (non-hydrogen) atoms. The molecule has 2 atom stereocenters. The summed E-state index contributed by atoms with van der Waals surface area (Å²) in [4.78, 5) is 24.6. The Morgan fingerprint density at radius 3 is 2.64 bits per heavy atom. The van der Waals surface area contributed by atoms with Crippen LogP contribution in [0.2, 0.25) is 0 Å². The van der Waals surface area contributed by atoms with E-state index < -0.39 is 12.1 Å². The molecule has 1 unspecified atom stereocenters. The molecular formula is C16H21NO5. The number of rotatable bonds is 6. The number of carbonyl (C=O) groups excluding carboxylic acids is 1. The first-order chi connectivity index (χ1) is 10.6. The van der Waals surface area contributed by atoms with Crippen LogP contribution in [0.1, 0.15) is 31.2 Å². The average Bonchev–Trinajstić information content (AvgIpc) is 2.94. The number of carboxylic acids is 1. The number of hydrogen-bond donors (Lipinski definition) is 1. The van der Waals surface area contributed by atoms with Crippen LogP contribution in [0.15, 0.2) is 30.3 Å². The molecule has 1 N–H and O–H groups in total. The lowest BCUT2D eigenvalue weighted by atomic mass is 10.1. The van der Waals surface area contributed by atoms with Gasteiger partial charge >= 0.3 is 12.1 Å². The Labute approximate surface area is 129 Å². The minimum absolute atomic E-state index is 0.0313. The number of likely N-dealkylation sites (tertiary alicyclic amines) is 1. The molecule has 6 nitrogen and oxygen atoms in total. The van der Waals surface area contributed by atoms with Gasteiger partial charge in [-0.2, -0.15) is 0 Å². The number of carbonyl (C=O) groups is 2. The van der Waals surface area contributed by atoms with Gasteiger partial charge in [0, 0.05) is 19.6 Å². The molecule has 0 bridgehead atoms. The molecule has 0 aromatic heterocycles. The molecule has 1 aliphatic heterocycles. The van der Waals surface area contributed by atoms with Gasteiger partial charge in [-0.05, 0) is 24.8 Å². The number of methoxy groups -OCH3 is 1. The minimum atomic E-state index is -0.863. The summed E-state index contributed by atoms with van der Waals surface area (Å²) in [5.41, 5.74) is 0.908. The number of carboxylic acid groups (broad SMARTS) is 1. The molecule has 2 rings (SSSR count). The Balaban J connectivity index is 1.95. The highest BCUT2D eigenvalue weighted by Gasteiger charge is 2.38. The first-order valence-electron chi connectivity index (χ1n) is 7.35. The second-order valence-electron chi connectivity index (χ2n) is 5.30. The highest BCUT2D eigenvalue weighted by molar-refractivity contribution is 5.69. The van der Waals surface area contributed by atoms with Gasteiger partial charge in [0.1, 0.15) is 12.8 Å². The minimum Gasteiger partial charge on any atom is -0.481 e. The van der Waals surface area contributed by atoms with Crippen LogP contribution >= 0.6 is 0 Å². The van der Waals surface area contributed by atoms with Gasteiger partial charge in [-0.15, -0.1) is 0 Å². The lowest BCUT2D eigenvalue weighted by molar-refractivity contribution is -0.137. The second kappa shape index (κ2) is 7.79. The van der Waals surface area contributed by atoms with E-state index in [0.717, 1.165) is 12.0 Å². The monoisotopic (exact) mass is 307 g/mol. The summed E-state index contributed by atoms with van der Waals surface area (Å²) in [6.07, 6.45) is 1.07. The van der Waals surface area contributed by atoms with Crippen LogP contribution < -0.4 is 0 Å². The van der Waals surface area contributed by atoms with Crippen molar-refractivity contribution in [3.8, 4) is 0 Å². The number of hydrogen-bond acceptors (Lipinski definition) is 4.